The largest absolute Gasteiger partial charge is 0.342 e. The fraction of sp³-hybridized carbons (Fsp3) is 0.895. The lowest BCUT2D eigenvalue weighted by Crippen LogP contribution is -2.47. The van der Waals surface area contributed by atoms with Gasteiger partial charge in [0.1, 0.15) is 0 Å². The highest BCUT2D eigenvalue weighted by atomic mass is 16.2. The van der Waals surface area contributed by atoms with Crippen molar-refractivity contribution >= 4 is 11.8 Å². The van der Waals surface area contributed by atoms with E-state index in [1.165, 1.54) is 6.42 Å². The fourth-order valence-electron chi connectivity index (χ4n) is 4.23. The molecule has 4 nitrogen and oxygen atoms in total. The van der Waals surface area contributed by atoms with Crippen LogP contribution in [-0.2, 0) is 9.59 Å². The Bertz CT molecular complexity index is 445. The number of piperidine rings is 1. The lowest BCUT2D eigenvalue weighted by atomic mass is 9.89. The van der Waals surface area contributed by atoms with Crippen LogP contribution in [0, 0.1) is 23.7 Å². The van der Waals surface area contributed by atoms with E-state index in [9.17, 15) is 9.59 Å². The molecule has 1 saturated carbocycles. The van der Waals surface area contributed by atoms with Crippen LogP contribution in [0.3, 0.4) is 0 Å². The summed E-state index contributed by atoms with van der Waals surface area (Å²) in [6.07, 6.45) is 7.56. The Morgan fingerprint density at radius 3 is 2.13 bits per heavy atom. The number of nitrogens with zero attached hydrogens (tertiary/aromatic N) is 2. The molecule has 2 heterocycles. The summed E-state index contributed by atoms with van der Waals surface area (Å²) >= 11 is 0. The van der Waals surface area contributed by atoms with Gasteiger partial charge in [-0.1, -0.05) is 13.8 Å². The maximum absolute atomic E-state index is 12.9. The summed E-state index contributed by atoms with van der Waals surface area (Å²) in [5, 5.41) is 0. The van der Waals surface area contributed by atoms with Gasteiger partial charge in [0.05, 0.1) is 5.92 Å². The molecule has 0 aromatic heterocycles. The molecule has 2 amide bonds. The van der Waals surface area contributed by atoms with Crippen molar-refractivity contribution in [2.75, 3.05) is 26.2 Å². The van der Waals surface area contributed by atoms with Gasteiger partial charge in [-0.05, 0) is 56.8 Å². The average Bonchev–Trinajstić information content (AvgIpc) is 3.39. The minimum Gasteiger partial charge on any atom is -0.342 e. The van der Waals surface area contributed by atoms with Gasteiger partial charge < -0.3 is 9.80 Å². The first-order chi connectivity index (χ1) is 11.1. The van der Waals surface area contributed by atoms with Crippen LogP contribution in [-0.4, -0.2) is 47.8 Å². The summed E-state index contributed by atoms with van der Waals surface area (Å²) in [6.45, 7) is 7.94. The Morgan fingerprint density at radius 1 is 0.783 bits per heavy atom. The van der Waals surface area contributed by atoms with Crippen LogP contribution < -0.4 is 0 Å². The number of hydrogen-bond acceptors (Lipinski definition) is 2. The molecule has 2 atom stereocenters. The van der Waals surface area contributed by atoms with Crippen molar-refractivity contribution in [3.8, 4) is 0 Å². The summed E-state index contributed by atoms with van der Waals surface area (Å²) < 4.78 is 0. The van der Waals surface area contributed by atoms with Crippen LogP contribution in [0.15, 0.2) is 0 Å². The van der Waals surface area contributed by atoms with E-state index >= 15 is 0 Å². The number of carbonyl (C=O) groups is 2. The second-order valence-electron chi connectivity index (χ2n) is 8.16. The third-order valence-corrected chi connectivity index (χ3v) is 6.04. The zero-order valence-electron chi connectivity index (χ0n) is 14.8. The van der Waals surface area contributed by atoms with E-state index in [0.29, 0.717) is 24.3 Å². The molecule has 0 N–H and O–H groups in total. The van der Waals surface area contributed by atoms with Crippen LogP contribution in [0.4, 0.5) is 0 Å². The van der Waals surface area contributed by atoms with Gasteiger partial charge in [-0.25, -0.2) is 0 Å². The molecule has 0 radical (unpaired) electrons. The molecular weight excluding hydrogens is 288 g/mol. The molecule has 0 bridgehead atoms. The number of hydrogen-bond donors (Lipinski definition) is 0. The Balaban J connectivity index is 1.55. The second kappa shape index (κ2) is 7.23. The van der Waals surface area contributed by atoms with Crippen molar-refractivity contribution in [2.45, 2.75) is 58.8 Å². The average molecular weight is 320 g/mol. The zero-order valence-corrected chi connectivity index (χ0v) is 14.8. The topological polar surface area (TPSA) is 40.6 Å². The van der Waals surface area contributed by atoms with Crippen LogP contribution >= 0.6 is 0 Å². The Kier molecular flexibility index (Phi) is 5.27. The third kappa shape index (κ3) is 4.07. The maximum Gasteiger partial charge on any atom is 0.227 e. The molecule has 0 aromatic rings. The molecule has 3 fully saturated rings. The maximum atomic E-state index is 12.9. The minimum absolute atomic E-state index is 0.0436. The number of carbonyl (C=O) groups excluding carboxylic acids is 2. The quantitative estimate of drug-likeness (QED) is 0.802. The predicted octanol–water partition coefficient (Wildman–Crippen LogP) is 2.92. The summed E-state index contributed by atoms with van der Waals surface area (Å²) in [7, 11) is 0. The molecule has 0 spiro atoms. The summed E-state index contributed by atoms with van der Waals surface area (Å²) in [5.41, 5.74) is 0. The molecular formula is C19H32N2O2. The summed E-state index contributed by atoms with van der Waals surface area (Å²) in [4.78, 5) is 29.3. The van der Waals surface area contributed by atoms with E-state index in [1.54, 1.807) is 0 Å². The lowest BCUT2D eigenvalue weighted by Gasteiger charge is -2.35. The lowest BCUT2D eigenvalue weighted by molar-refractivity contribution is -0.141. The Hall–Kier alpha value is -1.06. The fourth-order valence-corrected chi connectivity index (χ4v) is 4.23. The van der Waals surface area contributed by atoms with Gasteiger partial charge in [0, 0.05) is 32.1 Å². The Labute approximate surface area is 140 Å². The van der Waals surface area contributed by atoms with Crippen LogP contribution in [0.1, 0.15) is 58.8 Å². The van der Waals surface area contributed by atoms with Gasteiger partial charge in [0.2, 0.25) is 11.8 Å². The van der Waals surface area contributed by atoms with Gasteiger partial charge in [-0.2, -0.15) is 0 Å². The second-order valence-corrected chi connectivity index (χ2v) is 8.16. The van der Waals surface area contributed by atoms with E-state index in [4.69, 9.17) is 0 Å². The molecule has 23 heavy (non-hydrogen) atoms. The van der Waals surface area contributed by atoms with E-state index in [1.807, 2.05) is 4.90 Å². The Morgan fingerprint density at radius 2 is 1.43 bits per heavy atom. The molecule has 4 heteroatoms. The normalized spacial score (nSPS) is 29.5. The third-order valence-electron chi connectivity index (χ3n) is 6.04. The van der Waals surface area contributed by atoms with Gasteiger partial charge >= 0.3 is 0 Å². The van der Waals surface area contributed by atoms with Crippen molar-refractivity contribution in [3.05, 3.63) is 0 Å². The van der Waals surface area contributed by atoms with Crippen molar-refractivity contribution in [1.82, 2.24) is 9.80 Å². The standard InChI is InChI=1S/C19H32N2O2/c1-14(2)15-5-3-10-20(12-9-15)19(23)17-6-4-11-21(13-17)18(22)16-7-8-16/h14-17H,3-13H2,1-2H3/t15-,17+/m0/s1. The number of rotatable bonds is 3. The first kappa shape index (κ1) is 16.8. The van der Waals surface area contributed by atoms with E-state index in [0.717, 1.165) is 64.1 Å². The summed E-state index contributed by atoms with van der Waals surface area (Å²) in [6, 6.07) is 0. The van der Waals surface area contributed by atoms with Crippen LogP contribution in [0.5, 0.6) is 0 Å². The van der Waals surface area contributed by atoms with Crippen LogP contribution in [0.2, 0.25) is 0 Å². The molecule has 0 aromatic carbocycles. The van der Waals surface area contributed by atoms with Crippen molar-refractivity contribution in [1.29, 1.82) is 0 Å². The smallest absolute Gasteiger partial charge is 0.227 e. The SMILES string of the molecule is CC(C)[C@H]1CCCN(C(=O)[C@@H]2CCCN(C(=O)C3CC3)C2)CC1. The van der Waals surface area contributed by atoms with E-state index in [2.05, 4.69) is 18.7 Å². The molecule has 1 aliphatic carbocycles. The van der Waals surface area contributed by atoms with Gasteiger partial charge in [0.25, 0.3) is 0 Å². The van der Waals surface area contributed by atoms with Crippen molar-refractivity contribution in [2.24, 2.45) is 23.7 Å². The highest BCUT2D eigenvalue weighted by Crippen LogP contribution is 2.33. The molecule has 130 valence electrons. The minimum atomic E-state index is 0.0436. The van der Waals surface area contributed by atoms with Gasteiger partial charge in [-0.15, -0.1) is 0 Å². The monoisotopic (exact) mass is 320 g/mol. The molecule has 2 aliphatic heterocycles. The predicted molar refractivity (Wildman–Crippen MR) is 90.8 cm³/mol. The van der Waals surface area contributed by atoms with E-state index in [-0.39, 0.29) is 11.8 Å². The molecule has 0 unspecified atom stereocenters. The van der Waals surface area contributed by atoms with Gasteiger partial charge in [0.15, 0.2) is 0 Å². The highest BCUT2D eigenvalue weighted by Gasteiger charge is 2.37. The van der Waals surface area contributed by atoms with E-state index < -0.39 is 0 Å². The van der Waals surface area contributed by atoms with Crippen LogP contribution in [0.25, 0.3) is 0 Å². The van der Waals surface area contributed by atoms with Gasteiger partial charge in [-0.3, -0.25) is 9.59 Å². The summed E-state index contributed by atoms with van der Waals surface area (Å²) in [5.74, 6) is 2.40. The number of amides is 2. The molecule has 3 rings (SSSR count). The molecule has 3 aliphatic rings. The number of likely N-dealkylation sites (tertiary alicyclic amines) is 2. The highest BCUT2D eigenvalue weighted by molar-refractivity contribution is 5.83. The molecule has 2 saturated heterocycles. The zero-order chi connectivity index (χ0) is 16.4. The van der Waals surface area contributed by atoms with Crippen molar-refractivity contribution < 1.29 is 9.59 Å². The first-order valence-corrected chi connectivity index (χ1v) is 9.64. The van der Waals surface area contributed by atoms with Crippen molar-refractivity contribution in [3.63, 3.8) is 0 Å². The first-order valence-electron chi connectivity index (χ1n) is 9.64.